The minimum Gasteiger partial charge on any atom is -0.354 e. The Labute approximate surface area is 268 Å². The van der Waals surface area contributed by atoms with Gasteiger partial charge in [-0.05, 0) is 52.3 Å². The van der Waals surface area contributed by atoms with Crippen LogP contribution in [0.3, 0.4) is 0 Å². The maximum Gasteiger partial charge on any atom is 0.252 e. The van der Waals surface area contributed by atoms with Crippen LogP contribution in [0.1, 0.15) is 89.2 Å². The third-order valence-corrected chi connectivity index (χ3v) is 8.51. The van der Waals surface area contributed by atoms with E-state index in [0.29, 0.717) is 25.1 Å². The van der Waals surface area contributed by atoms with Gasteiger partial charge in [0, 0.05) is 25.1 Å². The number of fused-ring (bicyclic) bond motifs is 1. The van der Waals surface area contributed by atoms with Gasteiger partial charge in [-0.3, -0.25) is 14.4 Å². The van der Waals surface area contributed by atoms with Gasteiger partial charge in [0.2, 0.25) is 11.8 Å². The smallest absolute Gasteiger partial charge is 0.252 e. The third kappa shape index (κ3) is 10.4. The molecule has 6 nitrogen and oxygen atoms in total. The lowest BCUT2D eigenvalue weighted by molar-refractivity contribution is -0.127. The predicted molar refractivity (Wildman–Crippen MR) is 185 cm³/mol. The molecule has 0 saturated carbocycles. The lowest BCUT2D eigenvalue weighted by atomic mass is 9.95. The van der Waals surface area contributed by atoms with E-state index in [9.17, 15) is 14.4 Å². The highest BCUT2D eigenvalue weighted by atomic mass is 16.2. The first-order chi connectivity index (χ1) is 21.9. The first-order valence-electron chi connectivity index (χ1n) is 16.7. The molecular formula is C39H49N3O3. The number of amides is 3. The molecule has 1 atom stereocenters. The molecule has 0 unspecified atom stereocenters. The zero-order valence-electron chi connectivity index (χ0n) is 26.9. The van der Waals surface area contributed by atoms with Crippen LogP contribution in [0, 0.1) is 5.92 Å². The van der Waals surface area contributed by atoms with Gasteiger partial charge < -0.3 is 16.0 Å². The van der Waals surface area contributed by atoms with E-state index < -0.39 is 6.04 Å². The number of rotatable bonds is 3. The van der Waals surface area contributed by atoms with Crippen molar-refractivity contribution in [1.29, 1.82) is 0 Å². The Morgan fingerprint density at radius 1 is 0.667 bits per heavy atom. The fourth-order valence-corrected chi connectivity index (χ4v) is 5.85. The van der Waals surface area contributed by atoms with Crippen molar-refractivity contribution in [3.63, 3.8) is 0 Å². The van der Waals surface area contributed by atoms with Gasteiger partial charge in [0.15, 0.2) is 0 Å². The topological polar surface area (TPSA) is 87.3 Å². The van der Waals surface area contributed by atoms with E-state index in [-0.39, 0.29) is 23.6 Å². The van der Waals surface area contributed by atoms with Crippen molar-refractivity contribution in [3.8, 4) is 0 Å². The van der Waals surface area contributed by atoms with Crippen molar-refractivity contribution in [2.24, 2.45) is 5.92 Å². The highest BCUT2D eigenvalue weighted by Gasteiger charge is 2.26. The minimum atomic E-state index is -0.672. The molecule has 1 aliphatic heterocycles. The molecule has 3 aromatic rings. The van der Waals surface area contributed by atoms with Crippen LogP contribution in [0.4, 0.5) is 0 Å². The van der Waals surface area contributed by atoms with Crippen LogP contribution in [0.15, 0.2) is 84.9 Å². The predicted octanol–water partition coefficient (Wildman–Crippen LogP) is 7.59. The monoisotopic (exact) mass is 607 g/mol. The van der Waals surface area contributed by atoms with E-state index in [1.54, 1.807) is 0 Å². The number of carbonyl (C=O) groups is 3. The van der Waals surface area contributed by atoms with Crippen LogP contribution in [0.5, 0.6) is 0 Å². The molecule has 3 amide bonds. The summed E-state index contributed by atoms with van der Waals surface area (Å²) in [6.45, 7) is 4.86. The fourth-order valence-electron chi connectivity index (χ4n) is 5.85. The second-order valence-corrected chi connectivity index (χ2v) is 12.4. The molecule has 0 aliphatic carbocycles. The van der Waals surface area contributed by atoms with Gasteiger partial charge in [-0.25, -0.2) is 0 Å². The van der Waals surface area contributed by atoms with Crippen LogP contribution in [-0.2, 0) is 14.4 Å². The largest absolute Gasteiger partial charge is 0.354 e. The summed E-state index contributed by atoms with van der Waals surface area (Å²) >= 11 is 0. The molecule has 6 heteroatoms. The molecule has 0 spiro atoms. The zero-order chi connectivity index (χ0) is 31.9. The number of benzene rings is 3. The first kappa shape index (κ1) is 33.7. The first-order valence-corrected chi connectivity index (χ1v) is 16.7. The molecule has 0 saturated heterocycles. The Hall–Kier alpha value is -4.19. The van der Waals surface area contributed by atoms with Gasteiger partial charge in [0.05, 0.1) is 0 Å². The standard InChI is InChI=1S/C39H49N3O3/c1-29(2)37-39(45)40-27-16-9-7-5-3-4-6-8-13-24-36(43)41-28-32(30-18-11-10-12-19-30)25-26-35(38(44)42-37)34-23-17-21-31-20-14-15-22-33(31)34/h10-12,14-15,17-23,25-26,29,37H,3-9,13,16,24,27-28H2,1-2H3,(H,40,45)(H,41,43)(H,42,44)/b32-25+,35-26-/t37-/m1/s1. The zero-order valence-corrected chi connectivity index (χ0v) is 26.9. The number of nitrogens with one attached hydrogen (secondary N) is 3. The van der Waals surface area contributed by atoms with Crippen molar-refractivity contribution < 1.29 is 14.4 Å². The number of hydrogen-bond donors (Lipinski definition) is 3. The molecule has 0 aromatic heterocycles. The molecular weight excluding hydrogens is 558 g/mol. The van der Waals surface area contributed by atoms with Gasteiger partial charge in [0.25, 0.3) is 5.91 Å². The summed E-state index contributed by atoms with van der Waals surface area (Å²) in [5.41, 5.74) is 3.11. The number of carbonyl (C=O) groups excluding carboxylic acids is 3. The fraction of sp³-hybridized carbons (Fsp3) is 0.410. The molecule has 0 fully saturated rings. The van der Waals surface area contributed by atoms with Gasteiger partial charge in [-0.15, -0.1) is 0 Å². The summed E-state index contributed by atoms with van der Waals surface area (Å²) < 4.78 is 0. The second kappa shape index (κ2) is 17.9. The maximum absolute atomic E-state index is 14.1. The Morgan fingerprint density at radius 3 is 2.04 bits per heavy atom. The Kier molecular flexibility index (Phi) is 13.4. The van der Waals surface area contributed by atoms with Crippen LogP contribution in [0.2, 0.25) is 0 Å². The van der Waals surface area contributed by atoms with Crippen LogP contribution in [-0.4, -0.2) is 36.9 Å². The molecule has 45 heavy (non-hydrogen) atoms. The molecule has 3 N–H and O–H groups in total. The molecule has 3 aromatic carbocycles. The Balaban J connectivity index is 1.72. The summed E-state index contributed by atoms with van der Waals surface area (Å²) in [6.07, 6.45) is 14.1. The number of hydrogen-bond acceptors (Lipinski definition) is 3. The Morgan fingerprint density at radius 2 is 1.31 bits per heavy atom. The van der Waals surface area contributed by atoms with Crippen molar-refractivity contribution in [3.05, 3.63) is 96.1 Å². The van der Waals surface area contributed by atoms with Crippen LogP contribution < -0.4 is 16.0 Å². The van der Waals surface area contributed by atoms with Crippen LogP contribution >= 0.6 is 0 Å². The second-order valence-electron chi connectivity index (χ2n) is 12.4. The summed E-state index contributed by atoms with van der Waals surface area (Å²) in [5, 5.41) is 11.2. The minimum absolute atomic E-state index is 0.0389. The Bertz CT molecular complexity index is 1470. The highest BCUT2D eigenvalue weighted by Crippen LogP contribution is 2.27. The number of allylic oxidation sites excluding steroid dienone is 2. The average Bonchev–Trinajstić information content (AvgIpc) is 3.05. The van der Waals surface area contributed by atoms with Gasteiger partial charge >= 0.3 is 0 Å². The lowest BCUT2D eigenvalue weighted by Gasteiger charge is -2.23. The van der Waals surface area contributed by atoms with E-state index in [1.165, 1.54) is 19.3 Å². The van der Waals surface area contributed by atoms with E-state index in [2.05, 4.69) is 16.0 Å². The molecule has 238 valence electrons. The molecule has 4 rings (SSSR count). The highest BCUT2D eigenvalue weighted by molar-refractivity contribution is 6.23. The third-order valence-electron chi connectivity index (χ3n) is 8.51. The van der Waals surface area contributed by atoms with Crippen molar-refractivity contribution in [2.45, 2.75) is 84.1 Å². The molecule has 0 radical (unpaired) electrons. The van der Waals surface area contributed by atoms with Crippen molar-refractivity contribution in [2.75, 3.05) is 13.1 Å². The molecule has 1 heterocycles. The lowest BCUT2D eigenvalue weighted by Crippen LogP contribution is -2.50. The SMILES string of the molecule is CC(C)[C@H]1NC(=O)/C(c2cccc3ccccc23)=C\C=C(\c2ccccc2)CNC(=O)CCCCCCCCCCCNC1=O. The van der Waals surface area contributed by atoms with Crippen molar-refractivity contribution >= 4 is 39.6 Å². The summed E-state index contributed by atoms with van der Waals surface area (Å²) in [7, 11) is 0. The quantitative estimate of drug-likeness (QED) is 0.287. The molecule has 0 bridgehead atoms. The maximum atomic E-state index is 14.1. The van der Waals surface area contributed by atoms with E-state index >= 15 is 0 Å². The van der Waals surface area contributed by atoms with Crippen molar-refractivity contribution in [1.82, 2.24) is 16.0 Å². The van der Waals surface area contributed by atoms with E-state index in [4.69, 9.17) is 0 Å². The van der Waals surface area contributed by atoms with E-state index in [0.717, 1.165) is 66.0 Å². The van der Waals surface area contributed by atoms with E-state index in [1.807, 2.05) is 98.8 Å². The normalized spacial score (nSPS) is 21.5. The summed E-state index contributed by atoms with van der Waals surface area (Å²) in [4.78, 5) is 40.2. The van der Waals surface area contributed by atoms with Gasteiger partial charge in [0.1, 0.15) is 6.04 Å². The average molecular weight is 608 g/mol. The van der Waals surface area contributed by atoms with Gasteiger partial charge in [-0.1, -0.05) is 138 Å². The summed E-state index contributed by atoms with van der Waals surface area (Å²) in [5.74, 6) is -0.525. The van der Waals surface area contributed by atoms with Crippen LogP contribution in [0.25, 0.3) is 21.9 Å². The summed E-state index contributed by atoms with van der Waals surface area (Å²) in [6, 6.07) is 23.2. The van der Waals surface area contributed by atoms with Gasteiger partial charge in [-0.2, -0.15) is 0 Å². The molecule has 1 aliphatic rings.